The van der Waals surface area contributed by atoms with Crippen LogP contribution in [-0.2, 0) is 6.42 Å². The molecule has 0 fully saturated rings. The number of phenols is 2. The molecule has 0 saturated carbocycles. The highest BCUT2D eigenvalue weighted by molar-refractivity contribution is 6.12. The highest BCUT2D eigenvalue weighted by Crippen LogP contribution is 2.44. The van der Waals surface area contributed by atoms with Gasteiger partial charge in [0.2, 0.25) is 0 Å². The summed E-state index contributed by atoms with van der Waals surface area (Å²) in [7, 11) is 0. The SMILES string of the molecule is CCC(C)C(=O)c1c(O)c(C/C=C(\C)CCC=C(C)C)c(O)c2cc(-c3ccccc3)oc12. The van der Waals surface area contributed by atoms with Crippen molar-refractivity contribution in [2.75, 3.05) is 0 Å². The number of allylic oxidation sites excluding steroid dienone is 4. The van der Waals surface area contributed by atoms with Crippen LogP contribution in [-0.4, -0.2) is 16.0 Å². The van der Waals surface area contributed by atoms with Crippen LogP contribution < -0.4 is 0 Å². The van der Waals surface area contributed by atoms with Crippen molar-refractivity contribution in [2.24, 2.45) is 5.92 Å². The number of hydrogen-bond acceptors (Lipinski definition) is 4. The molecule has 1 unspecified atom stereocenters. The van der Waals surface area contributed by atoms with Crippen LogP contribution in [0.25, 0.3) is 22.3 Å². The first-order valence-corrected chi connectivity index (χ1v) is 11.6. The van der Waals surface area contributed by atoms with Crippen molar-refractivity contribution in [2.45, 2.75) is 60.3 Å². The highest BCUT2D eigenvalue weighted by atomic mass is 16.3. The number of rotatable bonds is 9. The Balaban J connectivity index is 2.12. The van der Waals surface area contributed by atoms with Gasteiger partial charge in [0.1, 0.15) is 22.8 Å². The van der Waals surface area contributed by atoms with Crippen molar-refractivity contribution in [1.29, 1.82) is 0 Å². The number of aromatic hydroxyl groups is 2. The van der Waals surface area contributed by atoms with E-state index in [1.165, 1.54) is 11.1 Å². The molecule has 1 heterocycles. The minimum atomic E-state index is -0.275. The lowest BCUT2D eigenvalue weighted by atomic mass is 9.91. The summed E-state index contributed by atoms with van der Waals surface area (Å²) in [6.45, 7) is 9.98. The van der Waals surface area contributed by atoms with Gasteiger partial charge in [-0.2, -0.15) is 0 Å². The van der Waals surface area contributed by atoms with Gasteiger partial charge in [0, 0.05) is 17.0 Å². The lowest BCUT2D eigenvalue weighted by molar-refractivity contribution is 0.0925. The molecule has 2 N–H and O–H groups in total. The number of carbonyl (C=O) groups excluding carboxylic acids is 1. The maximum Gasteiger partial charge on any atom is 0.173 e. The average molecular weight is 447 g/mol. The van der Waals surface area contributed by atoms with Gasteiger partial charge in [-0.25, -0.2) is 0 Å². The van der Waals surface area contributed by atoms with E-state index in [-0.39, 0.29) is 34.3 Å². The molecule has 0 saturated heterocycles. The molecule has 0 aliphatic heterocycles. The summed E-state index contributed by atoms with van der Waals surface area (Å²) in [6, 6.07) is 11.3. The van der Waals surface area contributed by atoms with Crippen molar-refractivity contribution in [3.8, 4) is 22.8 Å². The molecule has 4 heteroatoms. The van der Waals surface area contributed by atoms with Crippen molar-refractivity contribution < 1.29 is 19.4 Å². The highest BCUT2D eigenvalue weighted by Gasteiger charge is 2.28. The lowest BCUT2D eigenvalue weighted by Crippen LogP contribution is -2.11. The van der Waals surface area contributed by atoms with Gasteiger partial charge in [-0.15, -0.1) is 0 Å². The summed E-state index contributed by atoms with van der Waals surface area (Å²) >= 11 is 0. The Kier molecular flexibility index (Phi) is 7.80. The van der Waals surface area contributed by atoms with Crippen LogP contribution in [0, 0.1) is 5.92 Å². The topological polar surface area (TPSA) is 70.7 Å². The third kappa shape index (κ3) is 5.39. The van der Waals surface area contributed by atoms with E-state index in [0.29, 0.717) is 29.6 Å². The van der Waals surface area contributed by atoms with Gasteiger partial charge in [-0.1, -0.05) is 67.5 Å². The van der Waals surface area contributed by atoms with Crippen LogP contribution in [0.15, 0.2) is 64.1 Å². The average Bonchev–Trinajstić information content (AvgIpc) is 3.24. The fraction of sp³-hybridized carbons (Fsp3) is 0.345. The number of benzene rings is 2. The van der Waals surface area contributed by atoms with E-state index in [1.807, 2.05) is 57.2 Å². The Labute approximate surface area is 196 Å². The summed E-state index contributed by atoms with van der Waals surface area (Å²) in [5.74, 6) is -0.137. The Morgan fingerprint density at radius 1 is 1.06 bits per heavy atom. The molecule has 0 aliphatic rings. The summed E-state index contributed by atoms with van der Waals surface area (Å²) in [5, 5.41) is 22.7. The smallest absolute Gasteiger partial charge is 0.173 e. The molecule has 0 spiro atoms. The van der Waals surface area contributed by atoms with Crippen molar-refractivity contribution in [3.63, 3.8) is 0 Å². The molecule has 4 nitrogen and oxygen atoms in total. The van der Waals surface area contributed by atoms with E-state index in [2.05, 4.69) is 19.9 Å². The maximum atomic E-state index is 13.2. The van der Waals surface area contributed by atoms with Gasteiger partial charge in [-0.05, 0) is 52.5 Å². The second-order valence-electron chi connectivity index (χ2n) is 9.02. The monoisotopic (exact) mass is 446 g/mol. The number of ketones is 1. The van der Waals surface area contributed by atoms with Crippen molar-refractivity contribution >= 4 is 16.8 Å². The van der Waals surface area contributed by atoms with Crippen molar-refractivity contribution in [3.05, 3.63) is 70.8 Å². The van der Waals surface area contributed by atoms with E-state index in [4.69, 9.17) is 4.42 Å². The van der Waals surface area contributed by atoms with Gasteiger partial charge < -0.3 is 14.6 Å². The summed E-state index contributed by atoms with van der Waals surface area (Å²) < 4.78 is 6.06. The Morgan fingerprint density at radius 2 is 1.76 bits per heavy atom. The first-order chi connectivity index (χ1) is 15.7. The molecular weight excluding hydrogens is 412 g/mol. The molecule has 0 aliphatic carbocycles. The Morgan fingerprint density at radius 3 is 2.39 bits per heavy atom. The molecule has 3 rings (SSSR count). The van der Waals surface area contributed by atoms with Gasteiger partial charge in [-0.3, -0.25) is 4.79 Å². The minimum absolute atomic E-state index is 0.0394. The molecule has 0 bridgehead atoms. The first kappa shape index (κ1) is 24.4. The predicted molar refractivity (Wildman–Crippen MR) is 135 cm³/mol. The fourth-order valence-electron chi connectivity index (χ4n) is 3.85. The lowest BCUT2D eigenvalue weighted by Gasteiger charge is -2.14. The summed E-state index contributed by atoms with van der Waals surface area (Å²) in [5.41, 5.74) is 4.04. The zero-order valence-corrected chi connectivity index (χ0v) is 20.2. The van der Waals surface area contributed by atoms with E-state index in [9.17, 15) is 15.0 Å². The third-order valence-electron chi connectivity index (χ3n) is 6.13. The number of fused-ring (bicyclic) bond motifs is 1. The molecule has 33 heavy (non-hydrogen) atoms. The predicted octanol–water partition coefficient (Wildman–Crippen LogP) is 7.98. The Bertz CT molecular complexity index is 1190. The van der Waals surface area contributed by atoms with Crippen LogP contribution in [0.2, 0.25) is 0 Å². The number of Topliss-reactive ketones (excluding diaryl/α,β-unsaturated/α-hetero) is 1. The van der Waals surface area contributed by atoms with E-state index >= 15 is 0 Å². The van der Waals surface area contributed by atoms with Gasteiger partial charge in [0.15, 0.2) is 11.4 Å². The van der Waals surface area contributed by atoms with Crippen LogP contribution in [0.3, 0.4) is 0 Å². The molecule has 0 radical (unpaired) electrons. The number of carbonyl (C=O) groups is 1. The maximum absolute atomic E-state index is 13.2. The quantitative estimate of drug-likeness (QED) is 0.258. The zero-order valence-electron chi connectivity index (χ0n) is 20.2. The number of furan rings is 1. The zero-order chi connectivity index (χ0) is 24.1. The second kappa shape index (κ2) is 10.6. The van der Waals surface area contributed by atoms with Gasteiger partial charge in [0.05, 0.1) is 5.39 Å². The van der Waals surface area contributed by atoms with Crippen LogP contribution in [0.1, 0.15) is 69.8 Å². The molecule has 1 aromatic heterocycles. The van der Waals surface area contributed by atoms with E-state index in [0.717, 1.165) is 18.4 Å². The summed E-state index contributed by atoms with van der Waals surface area (Å²) in [4.78, 5) is 13.2. The second-order valence-corrected chi connectivity index (χ2v) is 9.02. The normalized spacial score (nSPS) is 12.7. The van der Waals surface area contributed by atoms with Crippen molar-refractivity contribution in [1.82, 2.24) is 0 Å². The molecule has 1 atom stereocenters. The molecular formula is C29H34O4. The summed E-state index contributed by atoms with van der Waals surface area (Å²) in [6.07, 6.45) is 7.03. The van der Waals surface area contributed by atoms with E-state index in [1.54, 1.807) is 6.07 Å². The standard InChI is InChI=1S/C29H34O4/c1-6-20(5)26(30)25-28(32)22(16-15-19(4)12-10-11-18(2)3)27(31)23-17-24(33-29(23)25)21-13-8-7-9-14-21/h7-9,11,13-15,17,20,31-32H,6,10,12,16H2,1-5H3/b19-15+. The molecule has 3 aromatic rings. The van der Waals surface area contributed by atoms with Gasteiger partial charge in [0.25, 0.3) is 0 Å². The molecule has 174 valence electrons. The first-order valence-electron chi connectivity index (χ1n) is 11.6. The van der Waals surface area contributed by atoms with Gasteiger partial charge >= 0.3 is 0 Å². The van der Waals surface area contributed by atoms with Crippen LogP contribution in [0.4, 0.5) is 0 Å². The number of hydrogen-bond donors (Lipinski definition) is 2. The van der Waals surface area contributed by atoms with E-state index < -0.39 is 0 Å². The fourth-order valence-corrected chi connectivity index (χ4v) is 3.85. The largest absolute Gasteiger partial charge is 0.507 e. The number of phenolic OH excluding ortho intramolecular Hbond substituents is 2. The molecule has 0 amide bonds. The van der Waals surface area contributed by atoms with Crippen LogP contribution in [0.5, 0.6) is 11.5 Å². The Hall–Kier alpha value is -3.27. The molecule has 2 aromatic carbocycles. The van der Waals surface area contributed by atoms with Crippen LogP contribution >= 0.6 is 0 Å². The third-order valence-corrected chi connectivity index (χ3v) is 6.13. The minimum Gasteiger partial charge on any atom is -0.507 e.